The number of fused-ring (bicyclic) bond motifs is 1. The van der Waals surface area contributed by atoms with E-state index in [2.05, 4.69) is 17.1 Å². The van der Waals surface area contributed by atoms with E-state index in [0.29, 0.717) is 57.1 Å². The summed E-state index contributed by atoms with van der Waals surface area (Å²) in [6.45, 7) is 4.16. The highest BCUT2D eigenvalue weighted by Gasteiger charge is 2.54. The van der Waals surface area contributed by atoms with E-state index < -0.39 is 5.54 Å². The molecule has 220 valence electrons. The molecule has 3 aliphatic rings. The van der Waals surface area contributed by atoms with E-state index in [0.717, 1.165) is 24.1 Å². The summed E-state index contributed by atoms with van der Waals surface area (Å²) in [5.74, 6) is 1.30. The van der Waals surface area contributed by atoms with Crippen LogP contribution in [0.1, 0.15) is 70.3 Å². The molecular formula is C32H42N4O5. The van der Waals surface area contributed by atoms with Crippen molar-refractivity contribution >= 4 is 23.4 Å². The fourth-order valence-corrected chi connectivity index (χ4v) is 6.14. The Morgan fingerprint density at radius 3 is 2.44 bits per heavy atom. The van der Waals surface area contributed by atoms with Crippen LogP contribution < -0.4 is 19.7 Å². The summed E-state index contributed by atoms with van der Waals surface area (Å²) in [4.78, 5) is 45.5. The van der Waals surface area contributed by atoms with E-state index in [-0.39, 0.29) is 31.1 Å². The van der Waals surface area contributed by atoms with Crippen LogP contribution in [0.4, 0.5) is 5.69 Å². The first-order valence-electron chi connectivity index (χ1n) is 15.1. The van der Waals surface area contributed by atoms with Crippen LogP contribution in [0.5, 0.6) is 11.5 Å². The molecule has 2 aromatic carbocycles. The molecule has 2 fully saturated rings. The lowest BCUT2D eigenvalue weighted by atomic mass is 9.85. The molecule has 1 spiro atoms. The van der Waals surface area contributed by atoms with Crippen LogP contribution >= 0.6 is 0 Å². The number of likely N-dealkylation sites (tertiary alicyclic amines) is 1. The Kier molecular flexibility index (Phi) is 9.31. The lowest BCUT2D eigenvalue weighted by Crippen LogP contribution is -2.57. The second-order valence-electron chi connectivity index (χ2n) is 11.3. The lowest BCUT2D eigenvalue weighted by Gasteiger charge is -2.43. The summed E-state index contributed by atoms with van der Waals surface area (Å²) in [6.07, 6.45) is 8.60. The van der Waals surface area contributed by atoms with E-state index in [4.69, 9.17) is 9.47 Å². The average Bonchev–Trinajstić information content (AvgIpc) is 3.57. The molecule has 2 saturated heterocycles. The number of hydrogen-bond donors (Lipinski definition) is 1. The topological polar surface area (TPSA) is 91.4 Å². The maximum absolute atomic E-state index is 13.9. The molecule has 1 N–H and O–H groups in total. The minimum Gasteiger partial charge on any atom is -0.454 e. The van der Waals surface area contributed by atoms with Gasteiger partial charge >= 0.3 is 0 Å². The van der Waals surface area contributed by atoms with Crippen LogP contribution in [0.3, 0.4) is 0 Å². The quantitative estimate of drug-likeness (QED) is 0.385. The van der Waals surface area contributed by atoms with Crippen molar-refractivity contribution in [2.45, 2.75) is 76.8 Å². The zero-order chi connectivity index (χ0) is 28.7. The van der Waals surface area contributed by atoms with Crippen molar-refractivity contribution < 1.29 is 23.9 Å². The number of piperidine rings is 1. The number of unbranched alkanes of at least 4 members (excludes halogenated alkanes) is 5. The summed E-state index contributed by atoms with van der Waals surface area (Å²) < 4.78 is 10.8. The number of rotatable bonds is 12. The smallest absolute Gasteiger partial charge is 0.250 e. The van der Waals surface area contributed by atoms with Crippen molar-refractivity contribution in [2.75, 3.05) is 38.0 Å². The van der Waals surface area contributed by atoms with Crippen LogP contribution in [0.15, 0.2) is 48.5 Å². The molecule has 0 bridgehead atoms. The van der Waals surface area contributed by atoms with Crippen LogP contribution in [-0.2, 0) is 20.9 Å². The maximum atomic E-state index is 13.9. The zero-order valence-electron chi connectivity index (χ0n) is 24.1. The van der Waals surface area contributed by atoms with Gasteiger partial charge in [0, 0.05) is 31.7 Å². The van der Waals surface area contributed by atoms with E-state index in [1.165, 1.54) is 25.7 Å². The first-order chi connectivity index (χ1) is 20.0. The van der Waals surface area contributed by atoms with Gasteiger partial charge in [-0.1, -0.05) is 63.3 Å². The second-order valence-corrected chi connectivity index (χ2v) is 11.3. The minimum absolute atomic E-state index is 0.0187. The fourth-order valence-electron chi connectivity index (χ4n) is 6.14. The number of benzene rings is 2. The van der Waals surface area contributed by atoms with E-state index in [1.54, 1.807) is 4.90 Å². The van der Waals surface area contributed by atoms with Gasteiger partial charge in [0.15, 0.2) is 11.5 Å². The SMILES string of the molecule is CCCCCCCCC(=O)N1CCC2(CC1)C(=O)N(CC(=O)NCc1ccc3c(c1)OCO3)CN2c1ccccc1. The van der Waals surface area contributed by atoms with Crippen molar-refractivity contribution in [2.24, 2.45) is 0 Å². The Labute approximate surface area is 242 Å². The number of nitrogens with one attached hydrogen (secondary N) is 1. The molecule has 3 heterocycles. The highest BCUT2D eigenvalue weighted by atomic mass is 16.7. The van der Waals surface area contributed by atoms with Gasteiger partial charge < -0.3 is 29.5 Å². The molecule has 9 heteroatoms. The van der Waals surface area contributed by atoms with E-state index >= 15 is 0 Å². The Morgan fingerprint density at radius 2 is 1.66 bits per heavy atom. The van der Waals surface area contributed by atoms with Gasteiger partial charge in [0.25, 0.3) is 5.91 Å². The molecule has 9 nitrogen and oxygen atoms in total. The van der Waals surface area contributed by atoms with Gasteiger partial charge in [-0.15, -0.1) is 0 Å². The van der Waals surface area contributed by atoms with Crippen molar-refractivity contribution in [3.05, 3.63) is 54.1 Å². The Bertz CT molecular complexity index is 1210. The second kappa shape index (κ2) is 13.3. The van der Waals surface area contributed by atoms with Gasteiger partial charge in [0.05, 0.1) is 6.67 Å². The number of nitrogens with zero attached hydrogens (tertiary/aromatic N) is 3. The third-order valence-corrected chi connectivity index (χ3v) is 8.53. The van der Waals surface area contributed by atoms with E-state index in [9.17, 15) is 14.4 Å². The highest BCUT2D eigenvalue weighted by Crippen LogP contribution is 2.39. The molecule has 41 heavy (non-hydrogen) atoms. The summed E-state index contributed by atoms with van der Waals surface area (Å²) in [6, 6.07) is 15.5. The number of para-hydroxylation sites is 1. The minimum atomic E-state index is -0.754. The van der Waals surface area contributed by atoms with Crippen molar-refractivity contribution in [1.82, 2.24) is 15.1 Å². The fraction of sp³-hybridized carbons (Fsp3) is 0.531. The van der Waals surface area contributed by atoms with Crippen molar-refractivity contribution in [1.29, 1.82) is 0 Å². The van der Waals surface area contributed by atoms with Crippen LogP contribution in [0.2, 0.25) is 0 Å². The maximum Gasteiger partial charge on any atom is 0.250 e. The Balaban J connectivity index is 1.18. The third-order valence-electron chi connectivity index (χ3n) is 8.53. The summed E-state index contributed by atoms with van der Waals surface area (Å²) >= 11 is 0. The first-order valence-corrected chi connectivity index (χ1v) is 15.1. The molecule has 3 aliphatic heterocycles. The number of carbonyl (C=O) groups excluding carboxylic acids is 3. The van der Waals surface area contributed by atoms with Crippen molar-refractivity contribution in [3.63, 3.8) is 0 Å². The Hall–Kier alpha value is -3.75. The van der Waals surface area contributed by atoms with Gasteiger partial charge in [0.2, 0.25) is 18.6 Å². The number of hydrogen-bond acceptors (Lipinski definition) is 6. The summed E-state index contributed by atoms with van der Waals surface area (Å²) in [5, 5.41) is 2.94. The third kappa shape index (κ3) is 6.60. The predicted molar refractivity (Wildman–Crippen MR) is 156 cm³/mol. The number of carbonyl (C=O) groups is 3. The van der Waals surface area contributed by atoms with Gasteiger partial charge in [-0.25, -0.2) is 0 Å². The Morgan fingerprint density at radius 1 is 0.927 bits per heavy atom. The predicted octanol–water partition coefficient (Wildman–Crippen LogP) is 4.45. The average molecular weight is 563 g/mol. The molecule has 0 radical (unpaired) electrons. The molecular weight excluding hydrogens is 520 g/mol. The normalized spacial score (nSPS) is 17.4. The van der Waals surface area contributed by atoms with E-state index in [1.807, 2.05) is 53.4 Å². The molecule has 0 atom stereocenters. The molecule has 3 amide bonds. The molecule has 0 aliphatic carbocycles. The van der Waals surface area contributed by atoms with Crippen molar-refractivity contribution in [3.8, 4) is 11.5 Å². The molecule has 0 saturated carbocycles. The number of ether oxygens (including phenoxy) is 2. The van der Waals surface area contributed by atoms with Crippen LogP contribution in [0.25, 0.3) is 0 Å². The lowest BCUT2D eigenvalue weighted by molar-refractivity contribution is -0.140. The highest BCUT2D eigenvalue weighted by molar-refractivity contribution is 5.96. The molecule has 0 aromatic heterocycles. The molecule has 2 aromatic rings. The molecule has 5 rings (SSSR count). The largest absolute Gasteiger partial charge is 0.454 e. The van der Waals surface area contributed by atoms with Gasteiger partial charge in [-0.3, -0.25) is 14.4 Å². The monoisotopic (exact) mass is 562 g/mol. The summed E-state index contributed by atoms with van der Waals surface area (Å²) in [5.41, 5.74) is 1.10. The van der Waals surface area contributed by atoms with Gasteiger partial charge in [-0.05, 0) is 49.1 Å². The molecule has 0 unspecified atom stereocenters. The van der Waals surface area contributed by atoms with Gasteiger partial charge in [0.1, 0.15) is 12.1 Å². The van der Waals surface area contributed by atoms with Crippen LogP contribution in [-0.4, -0.2) is 66.2 Å². The number of amides is 3. The number of anilines is 1. The van der Waals surface area contributed by atoms with Gasteiger partial charge in [-0.2, -0.15) is 0 Å². The zero-order valence-corrected chi connectivity index (χ0v) is 24.1. The van der Waals surface area contributed by atoms with Crippen LogP contribution in [0, 0.1) is 0 Å². The standard InChI is InChI=1S/C32H42N4O5/c1-2-3-4-5-6-10-13-30(38)34-18-16-32(17-19-34)31(39)35(23-36(32)26-11-8-7-9-12-26)22-29(37)33-21-25-14-15-27-28(20-25)41-24-40-27/h7-9,11-12,14-15,20H,2-6,10,13,16-19,21-24H2,1H3,(H,33,37). The summed E-state index contributed by atoms with van der Waals surface area (Å²) in [7, 11) is 0. The first kappa shape index (κ1) is 28.8.